The van der Waals surface area contributed by atoms with Gasteiger partial charge in [0.15, 0.2) is 0 Å². The van der Waals surface area contributed by atoms with E-state index in [0.29, 0.717) is 6.54 Å². The zero-order valence-electron chi connectivity index (χ0n) is 10.7. The summed E-state index contributed by atoms with van der Waals surface area (Å²) in [6.07, 6.45) is 2.10. The van der Waals surface area contributed by atoms with E-state index in [1.807, 2.05) is 31.2 Å². The van der Waals surface area contributed by atoms with Crippen LogP contribution in [0.3, 0.4) is 0 Å². The van der Waals surface area contributed by atoms with Crippen molar-refractivity contribution in [3.63, 3.8) is 0 Å². The van der Waals surface area contributed by atoms with Gasteiger partial charge in [0.1, 0.15) is 0 Å². The third-order valence-corrected chi connectivity index (χ3v) is 3.50. The number of rotatable bonds is 6. The van der Waals surface area contributed by atoms with E-state index in [4.69, 9.17) is 5.11 Å². The maximum Gasteiger partial charge on any atom is 0.238 e. The third-order valence-electron chi connectivity index (χ3n) is 3.50. The van der Waals surface area contributed by atoms with Gasteiger partial charge in [-0.1, -0.05) is 18.2 Å². The zero-order valence-corrected chi connectivity index (χ0v) is 10.7. The quantitative estimate of drug-likeness (QED) is 0.711. The molecule has 0 radical (unpaired) electrons. The van der Waals surface area contributed by atoms with Crippen molar-refractivity contribution in [1.29, 1.82) is 0 Å². The molecule has 18 heavy (non-hydrogen) atoms. The molecular formula is C14H20N2O2. The van der Waals surface area contributed by atoms with Gasteiger partial charge in [-0.2, -0.15) is 0 Å². The molecule has 1 aliphatic rings. The number of carbonyl (C=O) groups excluding carboxylic acids is 1. The van der Waals surface area contributed by atoms with E-state index in [-0.39, 0.29) is 24.5 Å². The molecule has 1 saturated carbocycles. The highest BCUT2D eigenvalue weighted by atomic mass is 16.3. The van der Waals surface area contributed by atoms with Crippen molar-refractivity contribution >= 4 is 11.6 Å². The second-order valence-corrected chi connectivity index (χ2v) is 5.12. The molecule has 4 nitrogen and oxygen atoms in total. The van der Waals surface area contributed by atoms with Crippen LogP contribution in [0.4, 0.5) is 5.69 Å². The molecule has 0 saturated heterocycles. The minimum absolute atomic E-state index is 0.0435. The largest absolute Gasteiger partial charge is 0.396 e. The maximum atomic E-state index is 11.7. The Morgan fingerprint density at radius 2 is 2.11 bits per heavy atom. The number of benzene rings is 1. The number of para-hydroxylation sites is 1. The van der Waals surface area contributed by atoms with Crippen LogP contribution in [-0.2, 0) is 4.79 Å². The molecule has 1 amide bonds. The fourth-order valence-electron chi connectivity index (χ4n) is 1.92. The van der Waals surface area contributed by atoms with E-state index >= 15 is 0 Å². The topological polar surface area (TPSA) is 61.4 Å². The van der Waals surface area contributed by atoms with Gasteiger partial charge in [0.05, 0.1) is 6.54 Å². The molecule has 4 heteroatoms. The second kappa shape index (κ2) is 5.50. The zero-order chi connectivity index (χ0) is 13.0. The Morgan fingerprint density at radius 3 is 2.72 bits per heavy atom. The van der Waals surface area contributed by atoms with E-state index in [1.54, 1.807) is 0 Å². The van der Waals surface area contributed by atoms with Gasteiger partial charge in [0.2, 0.25) is 5.91 Å². The minimum atomic E-state index is -0.0435. The van der Waals surface area contributed by atoms with Gasteiger partial charge in [-0.05, 0) is 31.4 Å². The minimum Gasteiger partial charge on any atom is -0.396 e. The average Bonchev–Trinajstić information content (AvgIpc) is 3.13. The summed E-state index contributed by atoms with van der Waals surface area (Å²) in [7, 11) is 0. The lowest BCUT2D eigenvalue weighted by Gasteiger charge is -2.13. The van der Waals surface area contributed by atoms with E-state index < -0.39 is 0 Å². The molecule has 0 spiro atoms. The number of amides is 1. The van der Waals surface area contributed by atoms with Crippen molar-refractivity contribution in [2.45, 2.75) is 19.8 Å². The Balaban J connectivity index is 1.74. The highest BCUT2D eigenvalue weighted by Crippen LogP contribution is 2.44. The molecule has 1 fully saturated rings. The first-order valence-electron chi connectivity index (χ1n) is 6.32. The van der Waals surface area contributed by atoms with Crippen molar-refractivity contribution in [2.24, 2.45) is 5.41 Å². The number of anilines is 1. The van der Waals surface area contributed by atoms with Gasteiger partial charge in [-0.15, -0.1) is 0 Å². The molecule has 0 unspecified atom stereocenters. The lowest BCUT2D eigenvalue weighted by Crippen LogP contribution is -2.33. The first kappa shape index (κ1) is 13.1. The van der Waals surface area contributed by atoms with Gasteiger partial charge >= 0.3 is 0 Å². The monoisotopic (exact) mass is 248 g/mol. The number of aryl methyl sites for hydroxylation is 1. The highest BCUT2D eigenvalue weighted by Gasteiger charge is 2.41. The molecule has 2 rings (SSSR count). The summed E-state index contributed by atoms with van der Waals surface area (Å²) in [5, 5.41) is 15.1. The molecule has 0 atom stereocenters. The molecule has 0 heterocycles. The maximum absolute atomic E-state index is 11.7. The van der Waals surface area contributed by atoms with Crippen LogP contribution in [0.15, 0.2) is 24.3 Å². The highest BCUT2D eigenvalue weighted by molar-refractivity contribution is 5.92. The normalized spacial score (nSPS) is 16.3. The molecular weight excluding hydrogens is 228 g/mol. The molecule has 0 aliphatic heterocycles. The molecule has 1 aliphatic carbocycles. The van der Waals surface area contributed by atoms with Crippen molar-refractivity contribution in [3.05, 3.63) is 29.8 Å². The number of hydrogen-bond donors (Lipinski definition) is 3. The fourth-order valence-corrected chi connectivity index (χ4v) is 1.92. The number of nitrogens with one attached hydrogen (secondary N) is 2. The van der Waals surface area contributed by atoms with E-state index in [2.05, 4.69) is 10.6 Å². The van der Waals surface area contributed by atoms with Crippen molar-refractivity contribution in [2.75, 3.05) is 25.0 Å². The van der Waals surface area contributed by atoms with Crippen LogP contribution >= 0.6 is 0 Å². The number of aliphatic hydroxyl groups excluding tert-OH is 1. The average molecular weight is 248 g/mol. The Morgan fingerprint density at radius 1 is 1.39 bits per heavy atom. The Bertz CT molecular complexity index is 428. The van der Waals surface area contributed by atoms with E-state index in [1.165, 1.54) is 0 Å². The van der Waals surface area contributed by atoms with Gasteiger partial charge < -0.3 is 15.7 Å². The molecule has 3 N–H and O–H groups in total. The van der Waals surface area contributed by atoms with Crippen LogP contribution in [0.2, 0.25) is 0 Å². The smallest absolute Gasteiger partial charge is 0.238 e. The van der Waals surface area contributed by atoms with Gasteiger partial charge in [-0.25, -0.2) is 0 Å². The van der Waals surface area contributed by atoms with Crippen LogP contribution in [0.25, 0.3) is 0 Å². The van der Waals surface area contributed by atoms with E-state index in [0.717, 1.165) is 24.1 Å². The Hall–Kier alpha value is -1.39. The molecule has 0 aromatic heterocycles. The van der Waals surface area contributed by atoms with Crippen molar-refractivity contribution < 1.29 is 9.90 Å². The number of hydrogen-bond acceptors (Lipinski definition) is 3. The molecule has 1 aromatic rings. The predicted molar refractivity (Wildman–Crippen MR) is 71.4 cm³/mol. The summed E-state index contributed by atoms with van der Waals surface area (Å²) in [4.78, 5) is 11.7. The van der Waals surface area contributed by atoms with Crippen LogP contribution in [0.1, 0.15) is 18.4 Å². The van der Waals surface area contributed by atoms with Crippen LogP contribution in [-0.4, -0.2) is 30.7 Å². The lowest BCUT2D eigenvalue weighted by atomic mass is 10.1. The second-order valence-electron chi connectivity index (χ2n) is 5.12. The first-order valence-corrected chi connectivity index (χ1v) is 6.32. The lowest BCUT2D eigenvalue weighted by molar-refractivity contribution is -0.115. The number of aliphatic hydroxyl groups is 1. The van der Waals surface area contributed by atoms with Crippen molar-refractivity contribution in [3.8, 4) is 0 Å². The summed E-state index contributed by atoms with van der Waals surface area (Å²) in [6.45, 7) is 3.17. The predicted octanol–water partition coefficient (Wildman–Crippen LogP) is 1.30. The Kier molecular flexibility index (Phi) is 3.99. The van der Waals surface area contributed by atoms with Crippen LogP contribution in [0, 0.1) is 12.3 Å². The third kappa shape index (κ3) is 3.31. The summed E-state index contributed by atoms with van der Waals surface area (Å²) in [5.74, 6) is -0.0435. The molecule has 98 valence electrons. The molecule has 1 aromatic carbocycles. The summed E-state index contributed by atoms with van der Waals surface area (Å²) < 4.78 is 0. The summed E-state index contributed by atoms with van der Waals surface area (Å²) in [5.41, 5.74) is 1.95. The standard InChI is InChI=1S/C14H20N2O2/c1-11-4-2-3-5-12(11)16-13(18)8-15-9-14(10-17)6-7-14/h2-5,15,17H,6-10H2,1H3,(H,16,18). The molecule has 0 bridgehead atoms. The van der Waals surface area contributed by atoms with Crippen LogP contribution < -0.4 is 10.6 Å². The van der Waals surface area contributed by atoms with E-state index in [9.17, 15) is 4.79 Å². The van der Waals surface area contributed by atoms with Crippen molar-refractivity contribution in [1.82, 2.24) is 5.32 Å². The summed E-state index contributed by atoms with van der Waals surface area (Å²) >= 11 is 0. The van der Waals surface area contributed by atoms with Gasteiger partial charge in [0.25, 0.3) is 0 Å². The van der Waals surface area contributed by atoms with Gasteiger partial charge in [-0.3, -0.25) is 4.79 Å². The Labute approximate surface area is 107 Å². The SMILES string of the molecule is Cc1ccccc1NC(=O)CNCC1(CO)CC1. The number of carbonyl (C=O) groups is 1. The first-order chi connectivity index (χ1) is 8.65. The fraction of sp³-hybridized carbons (Fsp3) is 0.500. The summed E-state index contributed by atoms with van der Waals surface area (Å²) in [6, 6.07) is 7.71. The van der Waals surface area contributed by atoms with Gasteiger partial charge in [0, 0.05) is 24.3 Å². The van der Waals surface area contributed by atoms with Crippen LogP contribution in [0.5, 0.6) is 0 Å².